The fourth-order valence-electron chi connectivity index (χ4n) is 2.47. The van der Waals surface area contributed by atoms with Crippen molar-refractivity contribution in [2.45, 2.75) is 24.6 Å². The number of hydrogen-bond donors (Lipinski definition) is 1. The molecule has 1 fully saturated rings. The van der Waals surface area contributed by atoms with Crippen LogP contribution >= 0.6 is 0 Å². The highest BCUT2D eigenvalue weighted by Crippen LogP contribution is 2.18. The van der Waals surface area contributed by atoms with Crippen LogP contribution in [0.3, 0.4) is 0 Å². The maximum Gasteiger partial charge on any atom is 0.218 e. The largest absolute Gasteiger partial charge is 0.218 e. The van der Waals surface area contributed by atoms with Crippen molar-refractivity contribution in [1.82, 2.24) is 9.03 Å². The molecular weight excluding hydrogens is 312 g/mol. The van der Waals surface area contributed by atoms with E-state index in [0.717, 1.165) is 11.8 Å². The lowest BCUT2D eigenvalue weighted by molar-refractivity contribution is 0.303. The summed E-state index contributed by atoms with van der Waals surface area (Å²) in [7, 11) is -6.75. The van der Waals surface area contributed by atoms with E-state index >= 15 is 0 Å². The summed E-state index contributed by atoms with van der Waals surface area (Å²) in [6, 6.07) is 8.63. The summed E-state index contributed by atoms with van der Waals surface area (Å²) >= 11 is 0. The molecule has 8 heteroatoms. The highest BCUT2D eigenvalue weighted by molar-refractivity contribution is 7.89. The van der Waals surface area contributed by atoms with Crippen molar-refractivity contribution in [1.29, 1.82) is 0 Å². The topological polar surface area (TPSA) is 83.6 Å². The fraction of sp³-hybridized carbons (Fsp3) is 0.538. The van der Waals surface area contributed by atoms with E-state index in [2.05, 4.69) is 4.72 Å². The number of nitrogens with zero attached hydrogens (tertiary/aromatic N) is 1. The number of rotatable bonds is 5. The molecule has 0 unspecified atom stereocenters. The third-order valence-electron chi connectivity index (χ3n) is 3.35. The Kier molecular flexibility index (Phi) is 5.03. The molecule has 0 amide bonds. The van der Waals surface area contributed by atoms with Crippen molar-refractivity contribution < 1.29 is 16.8 Å². The van der Waals surface area contributed by atoms with Gasteiger partial charge in [-0.15, -0.1) is 0 Å². The molecular formula is C13H20N2O4S2. The Morgan fingerprint density at radius 3 is 2.48 bits per heavy atom. The molecule has 0 aliphatic carbocycles. The minimum Gasteiger partial charge on any atom is -0.213 e. The van der Waals surface area contributed by atoms with E-state index < -0.39 is 20.0 Å². The van der Waals surface area contributed by atoms with Gasteiger partial charge in [-0.3, -0.25) is 0 Å². The van der Waals surface area contributed by atoms with E-state index in [9.17, 15) is 16.8 Å². The summed E-state index contributed by atoms with van der Waals surface area (Å²) in [6.07, 6.45) is 2.40. The molecule has 1 aliphatic heterocycles. The number of hydrogen-bond acceptors (Lipinski definition) is 4. The summed E-state index contributed by atoms with van der Waals surface area (Å²) in [5.74, 6) is -0.0561. The molecule has 1 atom stereocenters. The second-order valence-corrected chi connectivity index (χ2v) is 9.08. The zero-order valence-corrected chi connectivity index (χ0v) is 13.5. The molecule has 1 saturated heterocycles. The van der Waals surface area contributed by atoms with E-state index in [1.54, 1.807) is 24.3 Å². The lowest BCUT2D eigenvalue weighted by Crippen LogP contribution is -2.49. The molecule has 0 aromatic heterocycles. The molecule has 1 aliphatic rings. The average molecular weight is 332 g/mol. The summed E-state index contributed by atoms with van der Waals surface area (Å²) in [6.45, 7) is 0.638. The first kappa shape index (κ1) is 16.4. The molecule has 6 nitrogen and oxygen atoms in total. The van der Waals surface area contributed by atoms with Crippen LogP contribution in [0.25, 0.3) is 0 Å². The van der Waals surface area contributed by atoms with Crippen molar-refractivity contribution in [3.8, 4) is 0 Å². The van der Waals surface area contributed by atoms with Gasteiger partial charge in [0.15, 0.2) is 0 Å². The van der Waals surface area contributed by atoms with Gasteiger partial charge in [0, 0.05) is 19.1 Å². The first-order chi connectivity index (χ1) is 9.76. The van der Waals surface area contributed by atoms with Gasteiger partial charge in [-0.1, -0.05) is 30.3 Å². The predicted octanol–water partition coefficient (Wildman–Crippen LogP) is 0.530. The van der Waals surface area contributed by atoms with Crippen LogP contribution in [0, 0.1) is 0 Å². The summed E-state index contributed by atoms with van der Waals surface area (Å²) in [4.78, 5) is 0. The first-order valence-electron chi connectivity index (χ1n) is 6.75. The normalized spacial score (nSPS) is 21.3. The summed E-state index contributed by atoms with van der Waals surface area (Å²) < 4.78 is 51.2. The van der Waals surface area contributed by atoms with Gasteiger partial charge in [0.1, 0.15) is 0 Å². The molecule has 1 aromatic carbocycles. The Hall–Kier alpha value is -0.960. The maximum absolute atomic E-state index is 12.4. The minimum atomic E-state index is -3.43. The van der Waals surface area contributed by atoms with Gasteiger partial charge in [0.25, 0.3) is 0 Å². The van der Waals surface area contributed by atoms with Gasteiger partial charge in [-0.25, -0.2) is 25.9 Å². The van der Waals surface area contributed by atoms with Crippen LogP contribution in [0.2, 0.25) is 0 Å². The summed E-state index contributed by atoms with van der Waals surface area (Å²) in [5, 5.41) is 0. The molecule has 0 saturated carbocycles. The molecule has 1 heterocycles. The third kappa shape index (κ3) is 5.06. The van der Waals surface area contributed by atoms with Gasteiger partial charge in [0.2, 0.25) is 20.0 Å². The SMILES string of the molecule is CS(=O)(=O)N[C@@H]1CCCN(S(=O)(=O)Cc2ccccc2)C1. The highest BCUT2D eigenvalue weighted by atomic mass is 32.2. The predicted molar refractivity (Wildman–Crippen MR) is 81.6 cm³/mol. The second kappa shape index (κ2) is 6.43. The highest BCUT2D eigenvalue weighted by Gasteiger charge is 2.30. The smallest absolute Gasteiger partial charge is 0.213 e. The Balaban J connectivity index is 2.06. The van der Waals surface area contributed by atoms with Gasteiger partial charge in [-0.05, 0) is 18.4 Å². The van der Waals surface area contributed by atoms with E-state index in [0.29, 0.717) is 19.4 Å². The number of piperidine rings is 1. The number of sulfonamides is 2. The zero-order valence-electron chi connectivity index (χ0n) is 11.9. The third-order valence-corrected chi connectivity index (χ3v) is 5.93. The maximum atomic E-state index is 12.4. The molecule has 0 spiro atoms. The minimum absolute atomic E-state index is 0.0561. The monoisotopic (exact) mass is 332 g/mol. The number of nitrogens with one attached hydrogen (secondary N) is 1. The average Bonchev–Trinajstić information content (AvgIpc) is 2.37. The zero-order chi connectivity index (χ0) is 15.5. The second-order valence-electron chi connectivity index (χ2n) is 5.33. The van der Waals surface area contributed by atoms with Crippen molar-refractivity contribution >= 4 is 20.0 Å². The van der Waals surface area contributed by atoms with Crippen LogP contribution in [0.15, 0.2) is 30.3 Å². The molecule has 0 radical (unpaired) electrons. The molecule has 118 valence electrons. The number of benzene rings is 1. The molecule has 21 heavy (non-hydrogen) atoms. The van der Waals surface area contributed by atoms with Crippen LogP contribution < -0.4 is 4.72 Å². The molecule has 0 bridgehead atoms. The van der Waals surface area contributed by atoms with Crippen LogP contribution in [0.4, 0.5) is 0 Å². The van der Waals surface area contributed by atoms with Crippen LogP contribution in [-0.4, -0.2) is 46.5 Å². The van der Waals surface area contributed by atoms with Crippen LogP contribution in [0.1, 0.15) is 18.4 Å². The van der Waals surface area contributed by atoms with Gasteiger partial charge >= 0.3 is 0 Å². The van der Waals surface area contributed by atoms with E-state index in [-0.39, 0.29) is 18.3 Å². The van der Waals surface area contributed by atoms with E-state index in [1.807, 2.05) is 6.07 Å². The van der Waals surface area contributed by atoms with Gasteiger partial charge in [0.05, 0.1) is 12.0 Å². The lowest BCUT2D eigenvalue weighted by atomic mass is 10.1. The van der Waals surface area contributed by atoms with Crippen LogP contribution in [0.5, 0.6) is 0 Å². The Morgan fingerprint density at radius 2 is 1.86 bits per heavy atom. The van der Waals surface area contributed by atoms with Gasteiger partial charge in [-0.2, -0.15) is 0 Å². The standard InChI is InChI=1S/C13H20N2O4S2/c1-20(16,17)14-13-8-5-9-15(10-13)21(18,19)11-12-6-3-2-4-7-12/h2-4,6-7,13-14H,5,8-11H2,1H3/t13-/m1/s1. The van der Waals surface area contributed by atoms with Crippen LogP contribution in [-0.2, 0) is 25.8 Å². The van der Waals surface area contributed by atoms with E-state index in [1.165, 1.54) is 4.31 Å². The molecule has 1 aromatic rings. The first-order valence-corrected chi connectivity index (χ1v) is 10.3. The summed E-state index contributed by atoms with van der Waals surface area (Å²) in [5.41, 5.74) is 0.732. The van der Waals surface area contributed by atoms with Crippen molar-refractivity contribution in [2.75, 3.05) is 19.3 Å². The van der Waals surface area contributed by atoms with Crippen molar-refractivity contribution in [2.24, 2.45) is 0 Å². The fourth-order valence-corrected chi connectivity index (χ4v) is 4.88. The Morgan fingerprint density at radius 1 is 1.19 bits per heavy atom. The molecule has 1 N–H and O–H groups in total. The Labute approximate surface area is 126 Å². The van der Waals surface area contributed by atoms with Gasteiger partial charge < -0.3 is 0 Å². The van der Waals surface area contributed by atoms with Crippen molar-refractivity contribution in [3.63, 3.8) is 0 Å². The van der Waals surface area contributed by atoms with E-state index in [4.69, 9.17) is 0 Å². The van der Waals surface area contributed by atoms with Crippen molar-refractivity contribution in [3.05, 3.63) is 35.9 Å². The Bertz CT molecular complexity index is 671. The molecule has 2 rings (SSSR count). The lowest BCUT2D eigenvalue weighted by Gasteiger charge is -2.31. The quantitative estimate of drug-likeness (QED) is 0.852.